The lowest BCUT2D eigenvalue weighted by Crippen LogP contribution is -2.28. The van der Waals surface area contributed by atoms with Crippen molar-refractivity contribution in [2.45, 2.75) is 51.3 Å². The standard InChI is InChI=1S/C28H28ClN7O2/c1-2-36-26-24(17-30-27(35-26)32-20-11-13-23(37)14-12-20)34-28(36)33-22-5-3-4-21(16-22)31-25(38)15-8-18-6-9-19(29)10-7-18/h3-7,9-10,16-17,20,23,37H,2,11-14H2,1H3,(H,31,38)(H,33,34)(H,30,32,35). The van der Waals surface area contributed by atoms with Crippen LogP contribution in [-0.2, 0) is 11.3 Å². The Balaban J connectivity index is 1.29. The lowest BCUT2D eigenvalue weighted by Gasteiger charge is -2.26. The number of carbonyl (C=O) groups excluding carboxylic acids is 1. The first kappa shape index (κ1) is 25.5. The number of aliphatic hydroxyl groups is 1. The van der Waals surface area contributed by atoms with E-state index in [9.17, 15) is 9.90 Å². The Morgan fingerprint density at radius 1 is 1.11 bits per heavy atom. The number of imidazole rings is 1. The molecule has 0 unspecified atom stereocenters. The van der Waals surface area contributed by atoms with Crippen molar-refractivity contribution >= 4 is 51.9 Å². The van der Waals surface area contributed by atoms with Crippen molar-refractivity contribution < 1.29 is 9.90 Å². The summed E-state index contributed by atoms with van der Waals surface area (Å²) in [4.78, 5) is 26.2. The van der Waals surface area contributed by atoms with Crippen LogP contribution in [-0.4, -0.2) is 42.7 Å². The number of nitrogens with zero attached hydrogens (tertiary/aromatic N) is 4. The maximum Gasteiger partial charge on any atom is 0.300 e. The van der Waals surface area contributed by atoms with Crippen LogP contribution in [0.5, 0.6) is 0 Å². The van der Waals surface area contributed by atoms with Gasteiger partial charge in [-0.25, -0.2) is 9.97 Å². The van der Waals surface area contributed by atoms with Crippen LogP contribution in [0.15, 0.2) is 54.7 Å². The number of aryl methyl sites for hydroxylation is 1. The third-order valence-corrected chi connectivity index (χ3v) is 6.63. The second-order valence-corrected chi connectivity index (χ2v) is 9.59. The van der Waals surface area contributed by atoms with Gasteiger partial charge in [-0.05, 0) is 75.1 Å². The summed E-state index contributed by atoms with van der Waals surface area (Å²) in [6.45, 7) is 2.68. The first-order valence-electron chi connectivity index (χ1n) is 12.6. The van der Waals surface area contributed by atoms with Crippen LogP contribution in [0.3, 0.4) is 0 Å². The zero-order chi connectivity index (χ0) is 26.5. The van der Waals surface area contributed by atoms with E-state index in [0.29, 0.717) is 40.2 Å². The molecule has 9 nitrogen and oxygen atoms in total. The Morgan fingerprint density at radius 2 is 1.87 bits per heavy atom. The normalized spacial score (nSPS) is 16.9. The molecular formula is C28H28ClN7O2. The van der Waals surface area contributed by atoms with Crippen LogP contribution >= 0.6 is 11.6 Å². The lowest BCUT2D eigenvalue weighted by atomic mass is 9.93. The van der Waals surface area contributed by atoms with Gasteiger partial charge in [-0.15, -0.1) is 0 Å². The SMILES string of the molecule is CCn1c(Nc2cccc(NC(=O)C#Cc3ccc(Cl)cc3)c2)nc2cnc(NC3CCC(O)CC3)nc21. The van der Waals surface area contributed by atoms with Gasteiger partial charge >= 0.3 is 5.91 Å². The minimum absolute atomic E-state index is 0.208. The van der Waals surface area contributed by atoms with Crippen LogP contribution in [0, 0.1) is 11.8 Å². The largest absolute Gasteiger partial charge is 0.393 e. The number of amides is 1. The van der Waals surface area contributed by atoms with E-state index in [1.807, 2.05) is 29.7 Å². The third kappa shape index (κ3) is 6.22. The Bertz CT molecular complexity index is 1500. The smallest absolute Gasteiger partial charge is 0.300 e. The molecule has 1 fully saturated rings. The van der Waals surface area contributed by atoms with E-state index in [0.717, 1.165) is 37.0 Å². The molecule has 0 bridgehead atoms. The highest BCUT2D eigenvalue weighted by atomic mass is 35.5. The summed E-state index contributed by atoms with van der Waals surface area (Å²) in [5.41, 5.74) is 3.47. The predicted molar refractivity (Wildman–Crippen MR) is 150 cm³/mol. The molecule has 0 radical (unpaired) electrons. The minimum Gasteiger partial charge on any atom is -0.393 e. The molecule has 1 aliphatic carbocycles. The molecule has 2 heterocycles. The molecule has 1 aliphatic rings. The number of aliphatic hydroxyl groups excluding tert-OH is 1. The van der Waals surface area contributed by atoms with Crippen LogP contribution in [0.2, 0.25) is 5.02 Å². The molecule has 2 aromatic heterocycles. The van der Waals surface area contributed by atoms with Gasteiger partial charge in [0, 0.05) is 40.5 Å². The molecule has 0 atom stereocenters. The second kappa shape index (κ2) is 11.5. The molecule has 5 rings (SSSR count). The highest BCUT2D eigenvalue weighted by Crippen LogP contribution is 2.25. The summed E-state index contributed by atoms with van der Waals surface area (Å²) in [6.07, 6.45) is 4.87. The zero-order valence-corrected chi connectivity index (χ0v) is 21.7. The van der Waals surface area contributed by atoms with Crippen LogP contribution in [0.25, 0.3) is 11.2 Å². The molecule has 38 heavy (non-hydrogen) atoms. The van der Waals surface area contributed by atoms with Gasteiger partial charge in [0.25, 0.3) is 0 Å². The summed E-state index contributed by atoms with van der Waals surface area (Å²) in [6, 6.07) is 14.6. The highest BCUT2D eigenvalue weighted by Gasteiger charge is 2.20. The summed E-state index contributed by atoms with van der Waals surface area (Å²) in [5.74, 6) is 6.19. The topological polar surface area (TPSA) is 117 Å². The molecule has 0 spiro atoms. The molecule has 1 saturated carbocycles. The van der Waals surface area contributed by atoms with E-state index in [-0.39, 0.29) is 12.1 Å². The van der Waals surface area contributed by atoms with Gasteiger partial charge in [0.05, 0.1) is 12.3 Å². The molecule has 1 amide bonds. The summed E-state index contributed by atoms with van der Waals surface area (Å²) in [7, 11) is 0. The summed E-state index contributed by atoms with van der Waals surface area (Å²) < 4.78 is 1.98. The number of fused-ring (bicyclic) bond motifs is 1. The van der Waals surface area contributed by atoms with E-state index >= 15 is 0 Å². The van der Waals surface area contributed by atoms with Crippen LogP contribution < -0.4 is 16.0 Å². The van der Waals surface area contributed by atoms with Gasteiger partial charge < -0.3 is 21.1 Å². The number of anilines is 4. The van der Waals surface area contributed by atoms with Crippen molar-refractivity contribution in [2.24, 2.45) is 0 Å². The van der Waals surface area contributed by atoms with Gasteiger partial charge in [-0.1, -0.05) is 23.6 Å². The summed E-state index contributed by atoms with van der Waals surface area (Å²) in [5, 5.41) is 19.9. The number of halogens is 1. The summed E-state index contributed by atoms with van der Waals surface area (Å²) >= 11 is 5.89. The maximum atomic E-state index is 12.3. The van der Waals surface area contributed by atoms with Crippen molar-refractivity contribution in [3.05, 3.63) is 65.3 Å². The molecule has 4 N–H and O–H groups in total. The third-order valence-electron chi connectivity index (χ3n) is 6.38. The van der Waals surface area contributed by atoms with E-state index in [4.69, 9.17) is 16.6 Å². The Kier molecular flexibility index (Phi) is 7.73. The molecule has 0 aliphatic heterocycles. The quantitative estimate of drug-likeness (QED) is 0.261. The van der Waals surface area contributed by atoms with Crippen molar-refractivity contribution in [2.75, 3.05) is 16.0 Å². The predicted octanol–water partition coefficient (Wildman–Crippen LogP) is 4.95. The molecule has 10 heteroatoms. The first-order valence-corrected chi connectivity index (χ1v) is 13.0. The zero-order valence-electron chi connectivity index (χ0n) is 20.9. The highest BCUT2D eigenvalue weighted by molar-refractivity contribution is 6.30. The number of benzene rings is 2. The van der Waals surface area contributed by atoms with Crippen molar-refractivity contribution in [3.63, 3.8) is 0 Å². The average molecular weight is 530 g/mol. The molecule has 4 aromatic rings. The fourth-order valence-electron chi connectivity index (χ4n) is 4.41. The number of carbonyl (C=O) groups is 1. The Hall–Kier alpha value is -4.13. The van der Waals surface area contributed by atoms with Crippen LogP contribution in [0.4, 0.5) is 23.3 Å². The Labute approximate surface area is 225 Å². The number of nitrogens with one attached hydrogen (secondary N) is 3. The van der Waals surface area contributed by atoms with E-state index in [1.54, 1.807) is 36.5 Å². The minimum atomic E-state index is -0.416. The number of hydrogen-bond donors (Lipinski definition) is 4. The fourth-order valence-corrected chi connectivity index (χ4v) is 4.54. The van der Waals surface area contributed by atoms with Gasteiger partial charge in [-0.2, -0.15) is 4.98 Å². The van der Waals surface area contributed by atoms with E-state index in [2.05, 4.69) is 37.8 Å². The number of hydrogen-bond acceptors (Lipinski definition) is 7. The maximum absolute atomic E-state index is 12.3. The van der Waals surface area contributed by atoms with E-state index < -0.39 is 5.91 Å². The van der Waals surface area contributed by atoms with Gasteiger partial charge in [0.2, 0.25) is 11.9 Å². The van der Waals surface area contributed by atoms with Crippen LogP contribution in [0.1, 0.15) is 38.2 Å². The van der Waals surface area contributed by atoms with Crippen molar-refractivity contribution in [1.29, 1.82) is 0 Å². The number of aromatic nitrogens is 4. The molecule has 2 aromatic carbocycles. The monoisotopic (exact) mass is 529 g/mol. The van der Waals surface area contributed by atoms with Crippen molar-refractivity contribution in [1.82, 2.24) is 19.5 Å². The average Bonchev–Trinajstić information content (AvgIpc) is 3.26. The van der Waals surface area contributed by atoms with Gasteiger partial charge in [0.15, 0.2) is 5.65 Å². The molecule has 0 saturated heterocycles. The van der Waals surface area contributed by atoms with E-state index in [1.165, 1.54) is 0 Å². The first-order chi connectivity index (χ1) is 18.5. The van der Waals surface area contributed by atoms with Gasteiger partial charge in [-0.3, -0.25) is 9.36 Å². The molecular weight excluding hydrogens is 502 g/mol. The second-order valence-electron chi connectivity index (χ2n) is 9.15. The van der Waals surface area contributed by atoms with Crippen molar-refractivity contribution in [3.8, 4) is 11.8 Å². The van der Waals surface area contributed by atoms with Gasteiger partial charge in [0.1, 0.15) is 5.52 Å². The Morgan fingerprint density at radius 3 is 2.63 bits per heavy atom. The number of rotatable bonds is 6. The lowest BCUT2D eigenvalue weighted by molar-refractivity contribution is -0.111. The molecule has 194 valence electrons. The fraction of sp³-hybridized carbons (Fsp3) is 0.286.